The van der Waals surface area contributed by atoms with Crippen LogP contribution in [0.25, 0.3) is 0 Å². The molecule has 2 aromatic carbocycles. The predicted octanol–water partition coefficient (Wildman–Crippen LogP) is 4.74. The van der Waals surface area contributed by atoms with E-state index in [1.807, 2.05) is 45.9 Å². The number of fused-ring (bicyclic) bond motifs is 1. The summed E-state index contributed by atoms with van der Waals surface area (Å²) in [6.07, 6.45) is 0.719. The molecule has 0 amide bonds. The summed E-state index contributed by atoms with van der Waals surface area (Å²) in [5.74, 6) is 1.37. The molecular formula is C19H21FO2. The van der Waals surface area contributed by atoms with Crippen LogP contribution in [-0.4, -0.2) is 5.60 Å². The van der Waals surface area contributed by atoms with E-state index in [4.69, 9.17) is 9.47 Å². The molecule has 116 valence electrons. The fourth-order valence-electron chi connectivity index (χ4n) is 2.87. The van der Waals surface area contributed by atoms with Crippen molar-refractivity contribution in [1.29, 1.82) is 0 Å². The summed E-state index contributed by atoms with van der Waals surface area (Å²) in [5.41, 5.74) is 3.61. The average molecular weight is 300 g/mol. The van der Waals surface area contributed by atoms with E-state index in [9.17, 15) is 4.39 Å². The van der Waals surface area contributed by atoms with Gasteiger partial charge in [-0.1, -0.05) is 12.1 Å². The number of benzene rings is 2. The Morgan fingerprint density at radius 3 is 2.73 bits per heavy atom. The van der Waals surface area contributed by atoms with Crippen molar-refractivity contribution in [2.24, 2.45) is 0 Å². The lowest BCUT2D eigenvalue weighted by Crippen LogP contribution is -2.25. The highest BCUT2D eigenvalue weighted by atomic mass is 19.1. The lowest BCUT2D eigenvalue weighted by atomic mass is 10.0. The SMILES string of the molecule is Cc1ccc(C)c(OCc2cc(F)cc3c2OC(C)(C)C3)c1. The number of halogens is 1. The first-order valence-electron chi connectivity index (χ1n) is 7.54. The van der Waals surface area contributed by atoms with Crippen molar-refractivity contribution >= 4 is 0 Å². The molecule has 0 radical (unpaired) electrons. The van der Waals surface area contributed by atoms with Crippen molar-refractivity contribution in [3.05, 3.63) is 58.4 Å². The molecule has 1 heterocycles. The Bertz CT molecular complexity index is 720. The van der Waals surface area contributed by atoms with Gasteiger partial charge in [0, 0.05) is 17.5 Å². The van der Waals surface area contributed by atoms with E-state index in [1.165, 1.54) is 6.07 Å². The van der Waals surface area contributed by atoms with Gasteiger partial charge in [0.25, 0.3) is 0 Å². The average Bonchev–Trinajstić information content (AvgIpc) is 2.73. The number of rotatable bonds is 3. The second-order valence-electron chi connectivity index (χ2n) is 6.65. The minimum absolute atomic E-state index is 0.236. The summed E-state index contributed by atoms with van der Waals surface area (Å²) in [5, 5.41) is 0. The zero-order chi connectivity index (χ0) is 15.9. The summed E-state index contributed by atoms with van der Waals surface area (Å²) < 4.78 is 25.7. The van der Waals surface area contributed by atoms with Crippen molar-refractivity contribution < 1.29 is 13.9 Å². The first-order chi connectivity index (χ1) is 10.3. The Kier molecular flexibility index (Phi) is 3.59. The lowest BCUT2D eigenvalue weighted by molar-refractivity contribution is 0.135. The van der Waals surface area contributed by atoms with Crippen molar-refractivity contribution in [1.82, 2.24) is 0 Å². The minimum Gasteiger partial charge on any atom is -0.488 e. The van der Waals surface area contributed by atoms with Gasteiger partial charge >= 0.3 is 0 Å². The van der Waals surface area contributed by atoms with Gasteiger partial charge < -0.3 is 9.47 Å². The van der Waals surface area contributed by atoms with Crippen LogP contribution in [-0.2, 0) is 13.0 Å². The van der Waals surface area contributed by atoms with E-state index in [-0.39, 0.29) is 11.4 Å². The molecule has 0 atom stereocenters. The quantitative estimate of drug-likeness (QED) is 0.815. The molecule has 0 fully saturated rings. The van der Waals surface area contributed by atoms with Crippen LogP contribution in [0.1, 0.15) is 36.1 Å². The Morgan fingerprint density at radius 2 is 1.95 bits per heavy atom. The minimum atomic E-state index is -0.288. The molecule has 0 unspecified atom stereocenters. The van der Waals surface area contributed by atoms with E-state index in [0.717, 1.165) is 40.2 Å². The smallest absolute Gasteiger partial charge is 0.130 e. The summed E-state index contributed by atoms with van der Waals surface area (Å²) in [4.78, 5) is 0. The second-order valence-corrected chi connectivity index (χ2v) is 6.65. The topological polar surface area (TPSA) is 18.5 Å². The zero-order valence-electron chi connectivity index (χ0n) is 13.5. The third-order valence-electron chi connectivity index (χ3n) is 3.93. The highest BCUT2D eigenvalue weighted by molar-refractivity contribution is 5.46. The summed E-state index contributed by atoms with van der Waals surface area (Å²) in [6, 6.07) is 9.14. The van der Waals surface area contributed by atoms with Crippen molar-refractivity contribution in [2.45, 2.75) is 46.3 Å². The maximum atomic E-state index is 13.8. The van der Waals surface area contributed by atoms with Gasteiger partial charge in [-0.25, -0.2) is 4.39 Å². The van der Waals surface area contributed by atoms with Gasteiger partial charge in [-0.2, -0.15) is 0 Å². The van der Waals surface area contributed by atoms with E-state index in [0.29, 0.717) is 6.61 Å². The molecule has 0 aromatic heterocycles. The highest BCUT2D eigenvalue weighted by Crippen LogP contribution is 2.38. The molecular weight excluding hydrogens is 279 g/mol. The van der Waals surface area contributed by atoms with Crippen molar-refractivity contribution in [3.63, 3.8) is 0 Å². The number of hydrogen-bond donors (Lipinski definition) is 0. The Balaban J connectivity index is 1.86. The number of ether oxygens (including phenoxy) is 2. The van der Waals surface area contributed by atoms with Crippen LogP contribution in [0, 0.1) is 19.7 Å². The number of hydrogen-bond acceptors (Lipinski definition) is 2. The van der Waals surface area contributed by atoms with E-state index in [2.05, 4.69) is 0 Å². The maximum absolute atomic E-state index is 13.8. The molecule has 0 bridgehead atoms. The Hall–Kier alpha value is -2.03. The van der Waals surface area contributed by atoms with E-state index < -0.39 is 0 Å². The summed E-state index contributed by atoms with van der Waals surface area (Å²) in [7, 11) is 0. The van der Waals surface area contributed by atoms with Gasteiger partial charge in [-0.05, 0) is 57.0 Å². The van der Waals surface area contributed by atoms with Gasteiger partial charge in [0.15, 0.2) is 0 Å². The van der Waals surface area contributed by atoms with Crippen molar-refractivity contribution in [3.8, 4) is 11.5 Å². The molecule has 0 aliphatic carbocycles. The van der Waals surface area contributed by atoms with Crippen LogP contribution in [0.15, 0.2) is 30.3 Å². The first-order valence-corrected chi connectivity index (χ1v) is 7.54. The van der Waals surface area contributed by atoms with Crippen LogP contribution in [0.5, 0.6) is 11.5 Å². The van der Waals surface area contributed by atoms with Crippen LogP contribution in [0.4, 0.5) is 4.39 Å². The largest absolute Gasteiger partial charge is 0.488 e. The zero-order valence-corrected chi connectivity index (χ0v) is 13.5. The third-order valence-corrected chi connectivity index (χ3v) is 3.93. The molecule has 0 spiro atoms. The first kappa shape index (κ1) is 14.9. The van der Waals surface area contributed by atoms with E-state index >= 15 is 0 Å². The molecule has 3 heteroatoms. The molecule has 0 saturated heterocycles. The van der Waals surface area contributed by atoms with Gasteiger partial charge in [0.05, 0.1) is 0 Å². The Morgan fingerprint density at radius 1 is 1.18 bits per heavy atom. The fourth-order valence-corrected chi connectivity index (χ4v) is 2.87. The normalized spacial score (nSPS) is 15.3. The molecule has 22 heavy (non-hydrogen) atoms. The van der Waals surface area contributed by atoms with Crippen LogP contribution in [0.3, 0.4) is 0 Å². The predicted molar refractivity (Wildman–Crippen MR) is 85.1 cm³/mol. The summed E-state index contributed by atoms with van der Waals surface area (Å²) >= 11 is 0. The molecule has 0 N–H and O–H groups in total. The van der Waals surface area contributed by atoms with Gasteiger partial charge in [-0.15, -0.1) is 0 Å². The Labute approximate surface area is 130 Å². The van der Waals surface area contributed by atoms with E-state index in [1.54, 1.807) is 6.07 Å². The second kappa shape index (κ2) is 5.31. The van der Waals surface area contributed by atoms with Crippen LogP contribution < -0.4 is 9.47 Å². The lowest BCUT2D eigenvalue weighted by Gasteiger charge is -2.18. The van der Waals surface area contributed by atoms with Gasteiger partial charge in [0.2, 0.25) is 0 Å². The molecule has 0 saturated carbocycles. The highest BCUT2D eigenvalue weighted by Gasteiger charge is 2.32. The molecule has 2 nitrogen and oxygen atoms in total. The van der Waals surface area contributed by atoms with Crippen molar-refractivity contribution in [2.75, 3.05) is 0 Å². The third kappa shape index (κ3) is 2.94. The number of aryl methyl sites for hydroxylation is 2. The molecule has 1 aliphatic heterocycles. The monoisotopic (exact) mass is 300 g/mol. The summed E-state index contributed by atoms with van der Waals surface area (Å²) in [6.45, 7) is 8.36. The molecule has 2 aromatic rings. The fraction of sp³-hybridized carbons (Fsp3) is 0.368. The van der Waals surface area contributed by atoms with Gasteiger partial charge in [-0.3, -0.25) is 0 Å². The van der Waals surface area contributed by atoms with Crippen LogP contribution in [0.2, 0.25) is 0 Å². The molecule has 1 aliphatic rings. The standard InChI is InChI=1S/C19H21FO2/c1-12-5-6-13(2)17(7-12)21-11-15-9-16(20)8-14-10-19(3,4)22-18(14)15/h5-9H,10-11H2,1-4H3. The van der Waals surface area contributed by atoms with Gasteiger partial charge in [0.1, 0.15) is 29.5 Å². The molecule has 3 rings (SSSR count). The van der Waals surface area contributed by atoms with Crippen LogP contribution >= 0.6 is 0 Å². The maximum Gasteiger partial charge on any atom is 0.130 e.